The average Bonchev–Trinajstić information content (AvgIpc) is 3.20. The number of fused-ring (bicyclic) bond motifs is 2. The Labute approximate surface area is 166 Å². The fraction of sp³-hybridized carbons (Fsp3) is 0.318. The second-order valence-corrected chi connectivity index (χ2v) is 7.20. The molecule has 29 heavy (non-hydrogen) atoms. The van der Waals surface area contributed by atoms with Crippen LogP contribution < -0.4 is 11.2 Å². The van der Waals surface area contributed by atoms with Gasteiger partial charge in [-0.2, -0.15) is 4.98 Å². The number of esters is 1. The van der Waals surface area contributed by atoms with Gasteiger partial charge in [0.25, 0.3) is 0 Å². The SMILES string of the molecule is CCOC(=O)c1cc2c(=O)c3cc(/C=C/C4CCCC4)c(F)cc3oc2nc1N. The lowest BCUT2D eigenvalue weighted by atomic mass is 10.0. The molecule has 0 atom stereocenters. The summed E-state index contributed by atoms with van der Waals surface area (Å²) in [4.78, 5) is 29.1. The Bertz CT molecular complexity index is 1190. The summed E-state index contributed by atoms with van der Waals surface area (Å²) in [5.41, 5.74) is 5.74. The summed E-state index contributed by atoms with van der Waals surface area (Å²) in [6.45, 7) is 1.83. The third-order valence-corrected chi connectivity index (χ3v) is 5.25. The molecule has 2 aromatic heterocycles. The van der Waals surface area contributed by atoms with Crippen molar-refractivity contribution in [3.05, 3.63) is 51.4 Å². The van der Waals surface area contributed by atoms with E-state index < -0.39 is 17.2 Å². The van der Waals surface area contributed by atoms with Crippen molar-refractivity contribution in [2.75, 3.05) is 12.3 Å². The van der Waals surface area contributed by atoms with Crippen LogP contribution in [-0.4, -0.2) is 17.6 Å². The molecule has 0 spiro atoms. The topological polar surface area (TPSA) is 95.4 Å². The lowest BCUT2D eigenvalue weighted by Crippen LogP contribution is -2.12. The molecule has 0 saturated heterocycles. The zero-order valence-electron chi connectivity index (χ0n) is 16.0. The number of allylic oxidation sites excluding steroid dienone is 1. The molecular weight excluding hydrogens is 375 g/mol. The Kier molecular flexibility index (Phi) is 5.05. The molecule has 1 saturated carbocycles. The average molecular weight is 396 g/mol. The van der Waals surface area contributed by atoms with Crippen molar-refractivity contribution in [3.8, 4) is 0 Å². The van der Waals surface area contributed by atoms with Crippen molar-refractivity contribution in [1.82, 2.24) is 4.98 Å². The van der Waals surface area contributed by atoms with Crippen molar-refractivity contribution in [2.45, 2.75) is 32.6 Å². The van der Waals surface area contributed by atoms with Gasteiger partial charge in [-0.1, -0.05) is 25.0 Å². The van der Waals surface area contributed by atoms with E-state index >= 15 is 0 Å². The van der Waals surface area contributed by atoms with Crippen LogP contribution in [0.25, 0.3) is 28.1 Å². The quantitative estimate of drug-likeness (QED) is 0.517. The molecule has 1 aliphatic rings. The van der Waals surface area contributed by atoms with Crippen molar-refractivity contribution in [3.63, 3.8) is 0 Å². The van der Waals surface area contributed by atoms with Crippen LogP contribution in [0.4, 0.5) is 10.2 Å². The molecule has 1 aromatic carbocycles. The van der Waals surface area contributed by atoms with Crippen LogP contribution in [0.2, 0.25) is 0 Å². The summed E-state index contributed by atoms with van der Waals surface area (Å²) in [7, 11) is 0. The molecule has 0 unspecified atom stereocenters. The fourth-order valence-electron chi connectivity index (χ4n) is 3.72. The van der Waals surface area contributed by atoms with Gasteiger partial charge in [0.2, 0.25) is 11.1 Å². The van der Waals surface area contributed by atoms with Gasteiger partial charge in [-0.25, -0.2) is 9.18 Å². The zero-order valence-corrected chi connectivity index (χ0v) is 16.0. The maximum atomic E-state index is 14.5. The minimum absolute atomic E-state index is 0.00513. The van der Waals surface area contributed by atoms with Crippen molar-refractivity contribution < 1.29 is 18.3 Å². The van der Waals surface area contributed by atoms with Crippen LogP contribution in [0.5, 0.6) is 0 Å². The van der Waals surface area contributed by atoms with Gasteiger partial charge in [0, 0.05) is 11.6 Å². The second-order valence-electron chi connectivity index (χ2n) is 7.20. The summed E-state index contributed by atoms with van der Waals surface area (Å²) in [6.07, 6.45) is 8.29. The molecule has 1 fully saturated rings. The predicted octanol–water partition coefficient (Wildman–Crippen LogP) is 4.44. The second kappa shape index (κ2) is 7.66. The first-order valence-corrected chi connectivity index (χ1v) is 9.70. The van der Waals surface area contributed by atoms with Gasteiger partial charge in [-0.15, -0.1) is 0 Å². The van der Waals surface area contributed by atoms with E-state index in [2.05, 4.69) is 4.98 Å². The van der Waals surface area contributed by atoms with E-state index in [0.717, 1.165) is 12.8 Å². The maximum Gasteiger partial charge on any atom is 0.341 e. The van der Waals surface area contributed by atoms with Crippen LogP contribution in [-0.2, 0) is 4.74 Å². The number of pyridine rings is 1. The lowest BCUT2D eigenvalue weighted by molar-refractivity contribution is 0.0527. The van der Waals surface area contributed by atoms with Gasteiger partial charge in [0.15, 0.2) is 0 Å². The van der Waals surface area contributed by atoms with Gasteiger partial charge in [0.05, 0.1) is 17.4 Å². The van der Waals surface area contributed by atoms with Crippen LogP contribution >= 0.6 is 0 Å². The molecule has 6 nitrogen and oxygen atoms in total. The molecule has 2 heterocycles. The number of rotatable bonds is 4. The number of nitrogens with zero attached hydrogens (tertiary/aromatic N) is 1. The highest BCUT2D eigenvalue weighted by Gasteiger charge is 2.19. The third kappa shape index (κ3) is 3.60. The molecule has 0 radical (unpaired) electrons. The van der Waals surface area contributed by atoms with E-state index in [4.69, 9.17) is 14.9 Å². The number of hydrogen-bond acceptors (Lipinski definition) is 6. The summed E-state index contributed by atoms with van der Waals surface area (Å²) < 4.78 is 25.1. The maximum absolute atomic E-state index is 14.5. The normalized spacial score (nSPS) is 15.0. The van der Waals surface area contributed by atoms with E-state index in [1.54, 1.807) is 13.0 Å². The molecule has 1 aliphatic carbocycles. The Morgan fingerprint density at radius 1 is 1.31 bits per heavy atom. The van der Waals surface area contributed by atoms with Gasteiger partial charge in [0.1, 0.15) is 22.8 Å². The molecule has 0 amide bonds. The number of anilines is 1. The summed E-state index contributed by atoms with van der Waals surface area (Å²) in [5, 5.41) is 0.304. The standard InChI is InChI=1S/C22H21FN2O4/c1-2-28-22(27)16-10-15-19(26)14-9-13(8-7-12-5-3-4-6-12)17(23)11-18(14)29-21(15)25-20(16)24/h7-12H,2-6H2,1H3,(H2,24,25)/b8-7+. The van der Waals surface area contributed by atoms with Crippen LogP contribution in [0, 0.1) is 11.7 Å². The highest BCUT2D eigenvalue weighted by atomic mass is 19.1. The molecular formula is C22H21FN2O4. The van der Waals surface area contributed by atoms with E-state index in [1.165, 1.54) is 31.0 Å². The summed E-state index contributed by atoms with van der Waals surface area (Å²) >= 11 is 0. The monoisotopic (exact) mass is 396 g/mol. The number of aromatic nitrogens is 1. The molecule has 0 bridgehead atoms. The third-order valence-electron chi connectivity index (χ3n) is 5.25. The van der Waals surface area contributed by atoms with Crippen LogP contribution in [0.1, 0.15) is 48.5 Å². The minimum atomic E-state index is -0.668. The zero-order chi connectivity index (χ0) is 20.5. The Balaban J connectivity index is 1.85. The molecule has 0 aliphatic heterocycles. The highest BCUT2D eigenvalue weighted by molar-refractivity contribution is 5.99. The minimum Gasteiger partial charge on any atom is -0.462 e. The van der Waals surface area contributed by atoms with Crippen LogP contribution in [0.3, 0.4) is 0 Å². The number of nitrogen functional groups attached to an aromatic ring is 1. The number of carbonyl (C=O) groups is 1. The summed E-state index contributed by atoms with van der Waals surface area (Å²) in [5.74, 6) is -0.823. The first-order chi connectivity index (χ1) is 14.0. The first kappa shape index (κ1) is 19.1. The van der Waals surface area contributed by atoms with Gasteiger partial charge < -0.3 is 14.9 Å². The number of nitrogens with two attached hydrogens (primary N) is 1. The fourth-order valence-corrected chi connectivity index (χ4v) is 3.72. The highest BCUT2D eigenvalue weighted by Crippen LogP contribution is 2.28. The number of benzene rings is 1. The number of hydrogen-bond donors (Lipinski definition) is 1. The number of carbonyl (C=O) groups excluding carboxylic acids is 1. The Morgan fingerprint density at radius 3 is 2.79 bits per heavy atom. The Hall–Kier alpha value is -3.22. The molecule has 7 heteroatoms. The first-order valence-electron chi connectivity index (χ1n) is 9.70. The smallest absolute Gasteiger partial charge is 0.341 e. The van der Waals surface area contributed by atoms with E-state index in [1.807, 2.05) is 6.08 Å². The number of halogens is 1. The molecule has 150 valence electrons. The van der Waals surface area contributed by atoms with Crippen molar-refractivity contribution >= 4 is 39.9 Å². The van der Waals surface area contributed by atoms with Gasteiger partial charge in [-0.3, -0.25) is 4.79 Å². The van der Waals surface area contributed by atoms with Gasteiger partial charge in [-0.05, 0) is 37.8 Å². The van der Waals surface area contributed by atoms with Crippen LogP contribution in [0.15, 0.2) is 33.5 Å². The largest absolute Gasteiger partial charge is 0.462 e. The van der Waals surface area contributed by atoms with Crippen molar-refractivity contribution in [1.29, 1.82) is 0 Å². The Morgan fingerprint density at radius 2 is 2.07 bits per heavy atom. The molecule has 4 rings (SSSR count). The van der Waals surface area contributed by atoms with E-state index in [9.17, 15) is 14.0 Å². The molecule has 2 N–H and O–H groups in total. The predicted molar refractivity (Wildman–Crippen MR) is 109 cm³/mol. The number of ether oxygens (including phenoxy) is 1. The molecule has 3 aromatic rings. The lowest BCUT2D eigenvalue weighted by Gasteiger charge is -2.08. The van der Waals surface area contributed by atoms with E-state index in [-0.39, 0.29) is 40.1 Å². The van der Waals surface area contributed by atoms with Gasteiger partial charge >= 0.3 is 5.97 Å². The van der Waals surface area contributed by atoms with Crippen molar-refractivity contribution in [2.24, 2.45) is 5.92 Å². The summed E-state index contributed by atoms with van der Waals surface area (Å²) in [6, 6.07) is 3.97. The van der Waals surface area contributed by atoms with E-state index in [0.29, 0.717) is 11.5 Å².